The number of carbonyl (C=O) groups is 2. The number of carbonyl (C=O) groups excluding carboxylic acids is 4. The van der Waals surface area contributed by atoms with E-state index in [9.17, 15) is 9.59 Å². The number of ketones is 2. The monoisotopic (exact) mass is 537 g/mol. The predicted molar refractivity (Wildman–Crippen MR) is 163 cm³/mol. The molecule has 0 aromatic heterocycles. The van der Waals surface area contributed by atoms with E-state index in [2.05, 4.69) is 85.2 Å². The van der Waals surface area contributed by atoms with Gasteiger partial charge in [-0.25, -0.2) is 0 Å². The molecule has 0 saturated carbocycles. The number of Topliss-reactive ketones (excluding diaryl/α,β-unsaturated/α-hetero) is 1. The standard InChI is InChI=1S/C33H51NO2.CO2/c1-3-5-7-8-9-10-11-12-13-14-15-16-17-18-19-20-21-22-23-27-33(36)29-25-31-34-30-24-28-32(35)26-6-4-2;2-1-3/h5-7,9-10,12-13,15-16,18-19,21-22,26,34H,3-4,8,11,14,17,20,23-25,27-31H2,1-2H3;/b7-5-,10-9-,13-12-,16-15-,19-18-,22-21-,26-6+;. The normalized spacial score (nSPS) is 12.1. The highest BCUT2D eigenvalue weighted by Crippen LogP contribution is 2.01. The second-order valence-electron chi connectivity index (χ2n) is 8.81. The van der Waals surface area contributed by atoms with Crippen molar-refractivity contribution in [1.29, 1.82) is 0 Å². The number of rotatable bonds is 24. The fourth-order valence-corrected chi connectivity index (χ4v) is 3.26. The lowest BCUT2D eigenvalue weighted by Crippen LogP contribution is -2.18. The molecular formula is C34H51NO4. The summed E-state index contributed by atoms with van der Waals surface area (Å²) in [7, 11) is 0. The van der Waals surface area contributed by atoms with Crippen LogP contribution in [-0.4, -0.2) is 30.8 Å². The molecular weight excluding hydrogens is 486 g/mol. The van der Waals surface area contributed by atoms with Crippen molar-refractivity contribution >= 4 is 17.7 Å². The maximum absolute atomic E-state index is 12.0. The molecule has 0 aliphatic heterocycles. The molecule has 0 spiro atoms. The van der Waals surface area contributed by atoms with Crippen LogP contribution in [0.15, 0.2) is 85.1 Å². The van der Waals surface area contributed by atoms with Crippen molar-refractivity contribution in [3.05, 3.63) is 85.1 Å². The molecule has 216 valence electrons. The Labute approximate surface area is 237 Å². The Morgan fingerprint density at radius 3 is 1.44 bits per heavy atom. The van der Waals surface area contributed by atoms with E-state index in [1.807, 2.05) is 13.0 Å². The minimum Gasteiger partial charge on any atom is -0.317 e. The van der Waals surface area contributed by atoms with Gasteiger partial charge in [-0.1, -0.05) is 92.8 Å². The molecule has 0 saturated heterocycles. The second-order valence-corrected chi connectivity index (χ2v) is 8.81. The minimum absolute atomic E-state index is 0.197. The lowest BCUT2D eigenvalue weighted by Gasteiger charge is -2.03. The van der Waals surface area contributed by atoms with Crippen LogP contribution in [-0.2, 0) is 19.2 Å². The Morgan fingerprint density at radius 2 is 0.974 bits per heavy atom. The molecule has 0 fully saturated rings. The van der Waals surface area contributed by atoms with E-state index in [1.54, 1.807) is 6.08 Å². The quantitative estimate of drug-likeness (QED) is 0.0763. The van der Waals surface area contributed by atoms with Crippen LogP contribution in [0.1, 0.15) is 97.3 Å². The van der Waals surface area contributed by atoms with Crippen LogP contribution >= 0.6 is 0 Å². The molecule has 0 atom stereocenters. The molecule has 0 aromatic rings. The van der Waals surface area contributed by atoms with Crippen LogP contribution in [0.3, 0.4) is 0 Å². The van der Waals surface area contributed by atoms with Gasteiger partial charge in [-0.15, -0.1) is 0 Å². The molecule has 1 N–H and O–H groups in total. The minimum atomic E-state index is 0.197. The highest BCUT2D eigenvalue weighted by molar-refractivity contribution is 5.89. The first-order valence-electron chi connectivity index (χ1n) is 14.4. The fraction of sp³-hybridized carbons (Fsp3) is 0.500. The molecule has 0 radical (unpaired) electrons. The maximum atomic E-state index is 12.0. The zero-order chi connectivity index (χ0) is 29.1. The summed E-state index contributed by atoms with van der Waals surface area (Å²) in [5, 5.41) is 3.32. The molecule has 0 aliphatic rings. The van der Waals surface area contributed by atoms with Gasteiger partial charge in [0.15, 0.2) is 5.78 Å². The Hall–Kier alpha value is -3.14. The molecule has 0 aromatic carbocycles. The largest absolute Gasteiger partial charge is 0.373 e. The van der Waals surface area contributed by atoms with Crippen molar-refractivity contribution in [3.8, 4) is 0 Å². The van der Waals surface area contributed by atoms with E-state index in [-0.39, 0.29) is 11.9 Å². The van der Waals surface area contributed by atoms with Crippen molar-refractivity contribution < 1.29 is 19.2 Å². The lowest BCUT2D eigenvalue weighted by molar-refractivity contribution is -0.191. The predicted octanol–water partition coefficient (Wildman–Crippen LogP) is 8.14. The number of hydrogen-bond acceptors (Lipinski definition) is 5. The van der Waals surface area contributed by atoms with E-state index in [0.717, 1.165) is 77.3 Å². The zero-order valence-electron chi connectivity index (χ0n) is 24.3. The SMILES string of the molecule is CC/C=C\C/C=C\C/C=C\C/C=C\C/C=C\C/C=C\CCC(=O)CCCNCCCC(=O)/C=C/CC.O=C=O. The smallest absolute Gasteiger partial charge is 0.317 e. The summed E-state index contributed by atoms with van der Waals surface area (Å²) in [5.74, 6) is 0.527. The summed E-state index contributed by atoms with van der Waals surface area (Å²) < 4.78 is 0. The van der Waals surface area contributed by atoms with Crippen molar-refractivity contribution in [2.24, 2.45) is 0 Å². The third-order valence-corrected chi connectivity index (χ3v) is 5.31. The van der Waals surface area contributed by atoms with E-state index in [4.69, 9.17) is 9.59 Å². The van der Waals surface area contributed by atoms with Gasteiger partial charge in [0.05, 0.1) is 0 Å². The van der Waals surface area contributed by atoms with Crippen LogP contribution in [0.25, 0.3) is 0 Å². The summed E-state index contributed by atoms with van der Waals surface area (Å²) in [6, 6.07) is 0. The van der Waals surface area contributed by atoms with Crippen molar-refractivity contribution in [3.63, 3.8) is 0 Å². The van der Waals surface area contributed by atoms with Crippen LogP contribution < -0.4 is 5.32 Å². The molecule has 5 nitrogen and oxygen atoms in total. The Kier molecular flexibility index (Phi) is 34.0. The third-order valence-electron chi connectivity index (χ3n) is 5.31. The average Bonchev–Trinajstić information content (AvgIpc) is 2.93. The summed E-state index contributed by atoms with van der Waals surface area (Å²) in [6.45, 7) is 5.85. The lowest BCUT2D eigenvalue weighted by atomic mass is 10.1. The van der Waals surface area contributed by atoms with Crippen LogP contribution in [0, 0.1) is 0 Å². The third kappa shape index (κ3) is 37.1. The van der Waals surface area contributed by atoms with E-state index in [1.165, 1.54) is 0 Å². The highest BCUT2D eigenvalue weighted by Gasteiger charge is 2.00. The van der Waals surface area contributed by atoms with Gasteiger partial charge in [-0.2, -0.15) is 9.59 Å². The molecule has 0 amide bonds. The Morgan fingerprint density at radius 1 is 0.564 bits per heavy atom. The van der Waals surface area contributed by atoms with Gasteiger partial charge in [0.2, 0.25) is 0 Å². The summed E-state index contributed by atoms with van der Waals surface area (Å²) in [6.07, 6.45) is 41.4. The average molecular weight is 538 g/mol. The van der Waals surface area contributed by atoms with Gasteiger partial charge >= 0.3 is 6.15 Å². The molecule has 0 rings (SSSR count). The second kappa shape index (κ2) is 34.9. The van der Waals surface area contributed by atoms with Crippen LogP contribution in [0.5, 0.6) is 0 Å². The van der Waals surface area contributed by atoms with Gasteiger partial charge < -0.3 is 5.32 Å². The summed E-state index contributed by atoms with van der Waals surface area (Å²) in [5.41, 5.74) is 0. The van der Waals surface area contributed by atoms with E-state index in [0.29, 0.717) is 25.0 Å². The zero-order valence-corrected chi connectivity index (χ0v) is 24.3. The van der Waals surface area contributed by atoms with Crippen LogP contribution in [0.4, 0.5) is 0 Å². The molecule has 0 bridgehead atoms. The molecule has 39 heavy (non-hydrogen) atoms. The molecule has 0 heterocycles. The van der Waals surface area contributed by atoms with Gasteiger partial charge in [0.1, 0.15) is 5.78 Å². The van der Waals surface area contributed by atoms with Crippen molar-refractivity contribution in [1.82, 2.24) is 5.32 Å². The van der Waals surface area contributed by atoms with Crippen molar-refractivity contribution in [2.45, 2.75) is 97.3 Å². The Bertz CT molecular complexity index is 822. The number of hydrogen-bond donors (Lipinski definition) is 1. The van der Waals surface area contributed by atoms with E-state index >= 15 is 0 Å². The first-order chi connectivity index (χ1) is 19.1. The van der Waals surface area contributed by atoms with Crippen LogP contribution in [0.2, 0.25) is 0 Å². The topological polar surface area (TPSA) is 80.3 Å². The summed E-state index contributed by atoms with van der Waals surface area (Å²) >= 11 is 0. The molecule has 0 aliphatic carbocycles. The van der Waals surface area contributed by atoms with Gasteiger partial charge in [-0.3, -0.25) is 9.59 Å². The maximum Gasteiger partial charge on any atom is 0.373 e. The fourth-order valence-electron chi connectivity index (χ4n) is 3.26. The Balaban J connectivity index is 0. The van der Waals surface area contributed by atoms with Gasteiger partial charge in [-0.05, 0) is 83.4 Å². The van der Waals surface area contributed by atoms with Gasteiger partial charge in [0, 0.05) is 19.3 Å². The van der Waals surface area contributed by atoms with Crippen molar-refractivity contribution in [2.75, 3.05) is 13.1 Å². The first kappa shape index (κ1) is 38.0. The number of nitrogens with one attached hydrogen (secondary N) is 1. The van der Waals surface area contributed by atoms with Gasteiger partial charge in [0.25, 0.3) is 0 Å². The molecule has 0 unspecified atom stereocenters. The molecule has 5 heteroatoms. The number of allylic oxidation sites excluding steroid dienone is 14. The highest BCUT2D eigenvalue weighted by atomic mass is 16.2. The van der Waals surface area contributed by atoms with E-state index < -0.39 is 0 Å². The summed E-state index contributed by atoms with van der Waals surface area (Å²) in [4.78, 5) is 39.7. The first-order valence-corrected chi connectivity index (χ1v) is 14.4.